The van der Waals surface area contributed by atoms with Crippen LogP contribution in [0.15, 0.2) is 42.5 Å². The first-order chi connectivity index (χ1) is 15.5. The molecule has 3 aromatic rings. The van der Waals surface area contributed by atoms with E-state index in [1.165, 1.54) is 16.2 Å². The Labute approximate surface area is 188 Å². The lowest BCUT2D eigenvalue weighted by Crippen LogP contribution is -2.45. The van der Waals surface area contributed by atoms with Crippen LogP contribution in [-0.2, 0) is 9.53 Å². The van der Waals surface area contributed by atoms with Crippen LogP contribution >= 0.6 is 11.3 Å². The van der Waals surface area contributed by atoms with E-state index in [2.05, 4.69) is 4.98 Å². The monoisotopic (exact) mass is 451 g/mol. The maximum atomic E-state index is 13.4. The zero-order valence-electron chi connectivity index (χ0n) is 17.4. The van der Waals surface area contributed by atoms with Gasteiger partial charge in [0.25, 0.3) is 11.8 Å². The Morgan fingerprint density at radius 2 is 1.97 bits per heavy atom. The van der Waals surface area contributed by atoms with Gasteiger partial charge in [0.1, 0.15) is 12.3 Å². The molecule has 0 aliphatic carbocycles. The van der Waals surface area contributed by atoms with Gasteiger partial charge in [-0.3, -0.25) is 24.2 Å². The average Bonchev–Trinajstić information content (AvgIpc) is 3.53. The van der Waals surface area contributed by atoms with Crippen molar-refractivity contribution in [2.24, 2.45) is 0 Å². The minimum absolute atomic E-state index is 0.109. The maximum absolute atomic E-state index is 13.4. The highest BCUT2D eigenvalue weighted by Gasteiger charge is 2.38. The number of fused-ring (bicyclic) bond motifs is 2. The second kappa shape index (κ2) is 8.33. The van der Waals surface area contributed by atoms with Crippen LogP contribution < -0.4 is 9.64 Å². The molecule has 8 nitrogen and oxygen atoms in total. The van der Waals surface area contributed by atoms with Crippen molar-refractivity contribution in [3.05, 3.63) is 53.6 Å². The number of hydrogen-bond acceptors (Lipinski definition) is 7. The fraction of sp³-hybridized carbons (Fsp3) is 0.304. The molecular weight excluding hydrogens is 430 g/mol. The Bertz CT molecular complexity index is 1180. The van der Waals surface area contributed by atoms with Gasteiger partial charge in [0.05, 0.1) is 41.1 Å². The summed E-state index contributed by atoms with van der Waals surface area (Å²) in [4.78, 5) is 46.1. The Kier molecular flexibility index (Phi) is 5.36. The Morgan fingerprint density at radius 1 is 1.22 bits per heavy atom. The van der Waals surface area contributed by atoms with Crippen molar-refractivity contribution in [1.82, 2.24) is 9.88 Å². The van der Waals surface area contributed by atoms with E-state index >= 15 is 0 Å². The number of aromatic nitrogens is 1. The van der Waals surface area contributed by atoms with E-state index in [0.717, 1.165) is 28.0 Å². The van der Waals surface area contributed by atoms with Gasteiger partial charge in [0.2, 0.25) is 5.91 Å². The van der Waals surface area contributed by atoms with Gasteiger partial charge < -0.3 is 9.47 Å². The first-order valence-electron chi connectivity index (χ1n) is 10.4. The second-order valence-corrected chi connectivity index (χ2v) is 8.72. The maximum Gasteiger partial charge on any atom is 0.262 e. The molecule has 1 aromatic heterocycles. The number of nitrogens with zero attached hydrogens (tertiary/aromatic N) is 3. The zero-order chi connectivity index (χ0) is 22.2. The molecule has 1 atom stereocenters. The van der Waals surface area contributed by atoms with Gasteiger partial charge in [-0.2, -0.15) is 0 Å². The van der Waals surface area contributed by atoms with Crippen molar-refractivity contribution in [3.63, 3.8) is 0 Å². The van der Waals surface area contributed by atoms with Crippen LogP contribution in [-0.4, -0.2) is 60.5 Å². The number of anilines is 1. The van der Waals surface area contributed by atoms with Crippen LogP contribution in [0.4, 0.5) is 5.13 Å². The normalized spacial score (nSPS) is 17.8. The van der Waals surface area contributed by atoms with Crippen molar-refractivity contribution in [1.29, 1.82) is 0 Å². The first-order valence-corrected chi connectivity index (χ1v) is 11.2. The molecule has 0 radical (unpaired) electrons. The van der Waals surface area contributed by atoms with Gasteiger partial charge in [-0.15, -0.1) is 0 Å². The predicted molar refractivity (Wildman–Crippen MR) is 119 cm³/mol. The molecule has 2 aromatic carbocycles. The van der Waals surface area contributed by atoms with Gasteiger partial charge in [0, 0.05) is 12.7 Å². The summed E-state index contributed by atoms with van der Waals surface area (Å²) in [6.45, 7) is 0.624. The van der Waals surface area contributed by atoms with Crippen molar-refractivity contribution in [2.75, 3.05) is 31.7 Å². The van der Waals surface area contributed by atoms with E-state index in [0.29, 0.717) is 35.2 Å². The summed E-state index contributed by atoms with van der Waals surface area (Å²) < 4.78 is 11.9. The second-order valence-electron chi connectivity index (χ2n) is 7.71. The highest BCUT2D eigenvalue weighted by molar-refractivity contribution is 7.22. The average molecular weight is 452 g/mol. The molecule has 3 amide bonds. The molecule has 1 unspecified atom stereocenters. The van der Waals surface area contributed by atoms with Crippen LogP contribution in [0.3, 0.4) is 0 Å². The number of methoxy groups -OCH3 is 1. The van der Waals surface area contributed by atoms with Gasteiger partial charge in [0.15, 0.2) is 5.13 Å². The van der Waals surface area contributed by atoms with E-state index in [4.69, 9.17) is 9.47 Å². The summed E-state index contributed by atoms with van der Waals surface area (Å²) in [6, 6.07) is 12.2. The van der Waals surface area contributed by atoms with E-state index in [1.807, 2.05) is 18.2 Å². The molecular formula is C23H21N3O5S. The highest BCUT2D eigenvalue weighted by atomic mass is 32.1. The van der Waals surface area contributed by atoms with Gasteiger partial charge in [-0.1, -0.05) is 23.5 Å². The van der Waals surface area contributed by atoms with Gasteiger partial charge in [-0.05, 0) is 37.1 Å². The first kappa shape index (κ1) is 20.6. The molecule has 2 aliphatic rings. The summed E-state index contributed by atoms with van der Waals surface area (Å²) in [5.41, 5.74) is 1.36. The molecule has 164 valence electrons. The smallest absolute Gasteiger partial charge is 0.262 e. The summed E-state index contributed by atoms with van der Waals surface area (Å²) in [6.07, 6.45) is 1.67. The number of rotatable bonds is 6. The number of benzene rings is 2. The summed E-state index contributed by atoms with van der Waals surface area (Å²) in [5.74, 6) is -0.603. The van der Waals surface area contributed by atoms with E-state index in [9.17, 15) is 14.4 Å². The fourth-order valence-corrected chi connectivity index (χ4v) is 4.99. The topological polar surface area (TPSA) is 89.0 Å². The molecule has 0 spiro atoms. The lowest BCUT2D eigenvalue weighted by Gasteiger charge is -2.25. The van der Waals surface area contributed by atoms with Crippen LogP contribution in [0.1, 0.15) is 33.6 Å². The molecule has 0 bridgehead atoms. The molecule has 2 aliphatic heterocycles. The van der Waals surface area contributed by atoms with Crippen molar-refractivity contribution in [3.8, 4) is 5.75 Å². The molecule has 0 N–H and O–H groups in total. The minimum atomic E-state index is -0.454. The van der Waals surface area contributed by atoms with Gasteiger partial charge in [-0.25, -0.2) is 4.98 Å². The Hall–Kier alpha value is -3.30. The van der Waals surface area contributed by atoms with Crippen molar-refractivity contribution < 1.29 is 23.9 Å². The van der Waals surface area contributed by atoms with Gasteiger partial charge >= 0.3 is 0 Å². The third kappa shape index (κ3) is 3.63. The van der Waals surface area contributed by atoms with E-state index in [1.54, 1.807) is 31.4 Å². The molecule has 3 heterocycles. The molecule has 1 fully saturated rings. The summed E-state index contributed by atoms with van der Waals surface area (Å²) in [5, 5.41) is 0.505. The molecule has 32 heavy (non-hydrogen) atoms. The van der Waals surface area contributed by atoms with Crippen molar-refractivity contribution in [2.45, 2.75) is 18.9 Å². The number of imide groups is 1. The fourth-order valence-electron chi connectivity index (χ4n) is 4.02. The minimum Gasteiger partial charge on any atom is -0.497 e. The predicted octanol–water partition coefficient (Wildman–Crippen LogP) is 3.11. The third-order valence-electron chi connectivity index (χ3n) is 5.70. The number of thiazole rings is 1. The highest BCUT2D eigenvalue weighted by Crippen LogP contribution is 2.32. The van der Waals surface area contributed by atoms with Crippen molar-refractivity contribution >= 4 is 44.4 Å². The SMILES string of the molecule is COc1ccc2sc(N(CC3CCCO3)C(=O)CN3C(=O)c4ccccc4C3=O)nc2c1. The zero-order valence-corrected chi connectivity index (χ0v) is 18.3. The standard InChI is InChI=1S/C23H21N3O5S/c1-30-14-8-9-19-18(11-14)24-23(32-19)25(12-15-5-4-10-31-15)20(27)13-26-21(28)16-6-2-3-7-17(16)22(26)29/h2-3,6-9,11,15H,4-5,10,12-13H2,1H3. The quantitative estimate of drug-likeness (QED) is 0.535. The number of amides is 3. The van der Waals surface area contributed by atoms with Crippen LogP contribution in [0.5, 0.6) is 5.75 Å². The Morgan fingerprint density at radius 3 is 2.62 bits per heavy atom. The molecule has 9 heteroatoms. The lowest BCUT2D eigenvalue weighted by atomic mass is 10.1. The molecule has 5 rings (SSSR count). The van der Waals surface area contributed by atoms with Crippen LogP contribution in [0.2, 0.25) is 0 Å². The summed E-state index contributed by atoms with van der Waals surface area (Å²) in [7, 11) is 1.59. The number of hydrogen-bond donors (Lipinski definition) is 0. The summed E-state index contributed by atoms with van der Waals surface area (Å²) >= 11 is 1.38. The number of ether oxygens (including phenoxy) is 2. The van der Waals surface area contributed by atoms with Crippen LogP contribution in [0.25, 0.3) is 10.2 Å². The van der Waals surface area contributed by atoms with E-state index in [-0.39, 0.29) is 18.6 Å². The van der Waals surface area contributed by atoms with Crippen LogP contribution in [0, 0.1) is 0 Å². The molecule has 0 saturated carbocycles. The van der Waals surface area contributed by atoms with E-state index < -0.39 is 11.8 Å². The lowest BCUT2D eigenvalue weighted by molar-refractivity contribution is -0.119. The Balaban J connectivity index is 1.44. The molecule has 1 saturated heterocycles. The number of carbonyl (C=O) groups is 3. The largest absolute Gasteiger partial charge is 0.497 e. The number of carbonyl (C=O) groups excluding carboxylic acids is 3. The third-order valence-corrected chi connectivity index (χ3v) is 6.76.